The van der Waals surface area contributed by atoms with E-state index in [-0.39, 0.29) is 87.1 Å². The number of likely N-dealkylation sites (N-methyl/N-ethyl adjacent to an activating group) is 4. The van der Waals surface area contributed by atoms with Crippen LogP contribution in [0.25, 0.3) is 0 Å². The van der Waals surface area contributed by atoms with Gasteiger partial charge in [0.15, 0.2) is 30.2 Å². The molecule has 0 saturated carbocycles. The van der Waals surface area contributed by atoms with Crippen molar-refractivity contribution in [3.05, 3.63) is 163 Å². The quantitative estimate of drug-likeness (QED) is 0.0316. The Morgan fingerprint density at radius 1 is 0.386 bits per heavy atom. The van der Waals surface area contributed by atoms with Crippen molar-refractivity contribution < 1.29 is 175 Å². The zero-order valence-corrected chi connectivity index (χ0v) is 83.3. The highest BCUT2D eigenvalue weighted by molar-refractivity contribution is 5.90. The molecule has 20 rings (SSSR count). The molecule has 11 N–H and O–H groups in total. The summed E-state index contributed by atoms with van der Waals surface area (Å²) in [6.07, 6.45) is -1.65. The number of carbonyl (C=O) groups is 12. The maximum atomic E-state index is 13.3. The van der Waals surface area contributed by atoms with Crippen molar-refractivity contribution in [1.82, 2.24) is 19.6 Å². The molecule has 782 valence electrons. The molecule has 8 heterocycles. The second-order valence-electron chi connectivity index (χ2n) is 42.6. The van der Waals surface area contributed by atoms with Gasteiger partial charge in [-0.15, -0.1) is 0 Å². The number of rotatable bonds is 26. The number of benzene rings is 4. The summed E-state index contributed by atoms with van der Waals surface area (Å²) in [5.74, 6) is -9.78. The average molecular weight is 2020 g/mol. The summed E-state index contributed by atoms with van der Waals surface area (Å²) >= 11 is 0. The van der Waals surface area contributed by atoms with Crippen molar-refractivity contribution >= 4 is 71.4 Å². The van der Waals surface area contributed by atoms with Crippen LogP contribution in [-0.2, 0) is 174 Å². The number of piperidine rings is 4. The lowest BCUT2D eigenvalue weighted by molar-refractivity contribution is -0.190. The summed E-state index contributed by atoms with van der Waals surface area (Å²) < 4.78 is 73.7. The molecule has 4 aromatic carbocycles. The summed E-state index contributed by atoms with van der Waals surface area (Å²) in [5, 5.41) is 117. The van der Waals surface area contributed by atoms with Crippen LogP contribution in [0, 0.1) is 11.8 Å². The van der Waals surface area contributed by atoms with Crippen molar-refractivity contribution in [2.45, 2.75) is 321 Å². The third-order valence-electron chi connectivity index (χ3n) is 32.7. The average Bonchev–Trinajstić information content (AvgIpc) is 1.54. The molecule has 16 aliphatic rings. The lowest BCUT2D eigenvalue weighted by atomic mass is 9.50. The molecule has 8 aliphatic carbocycles. The molecule has 4 saturated heterocycles. The fourth-order valence-corrected chi connectivity index (χ4v) is 25.9. The van der Waals surface area contributed by atoms with E-state index in [9.17, 15) is 114 Å². The number of likely N-dealkylation sites (tertiary alicyclic amines) is 4. The highest BCUT2D eigenvalue weighted by atomic mass is 16.6. The first-order chi connectivity index (χ1) is 68.4. The summed E-state index contributed by atoms with van der Waals surface area (Å²) in [6.45, 7) is 16.4. The number of esters is 9. The first-order valence-corrected chi connectivity index (χ1v) is 49.1. The lowest BCUT2D eigenvalue weighted by Gasteiger charge is -2.61. The molecule has 8 aliphatic heterocycles. The number of carboxylic acid groups (broad SMARTS) is 2. The van der Waals surface area contributed by atoms with Gasteiger partial charge in [-0.2, -0.15) is 0 Å². The molecule has 8 bridgehead atoms. The van der Waals surface area contributed by atoms with Crippen LogP contribution in [0.2, 0.25) is 0 Å². The highest BCUT2D eigenvalue weighted by Crippen LogP contribution is 2.70. The number of aliphatic hydroxyl groups is 9. The van der Waals surface area contributed by atoms with Gasteiger partial charge in [0.25, 0.3) is 0 Å². The number of carbonyl (C=O) groups excluding carboxylic acids is 10. The smallest absolute Gasteiger partial charge is 0.357 e. The van der Waals surface area contributed by atoms with Crippen LogP contribution in [-0.4, -0.2) is 309 Å². The van der Waals surface area contributed by atoms with E-state index in [1.807, 2.05) is 70.7 Å². The van der Waals surface area contributed by atoms with Crippen LogP contribution in [0.15, 0.2) is 95.9 Å². The zero-order chi connectivity index (χ0) is 105. The predicted molar refractivity (Wildman–Crippen MR) is 500 cm³/mol. The molecule has 4 aromatic rings. The Bertz CT molecular complexity index is 6130. The predicted octanol–water partition coefficient (Wildman–Crippen LogP) is 3.63. The Kier molecular flexibility index (Phi) is 27.9. The van der Waals surface area contributed by atoms with Crippen LogP contribution in [0.3, 0.4) is 0 Å². The number of ketones is 1. The van der Waals surface area contributed by atoms with Crippen LogP contribution in [0.4, 0.5) is 0 Å². The Labute approximate surface area is 835 Å². The molecule has 145 heavy (non-hydrogen) atoms. The minimum Gasteiger partial charge on any atom is -0.481 e. The van der Waals surface area contributed by atoms with E-state index in [0.29, 0.717) is 128 Å². The summed E-state index contributed by atoms with van der Waals surface area (Å²) in [6, 6.07) is 14.5. The van der Waals surface area contributed by atoms with Gasteiger partial charge in [-0.1, -0.05) is 76.2 Å². The zero-order valence-electron chi connectivity index (χ0n) is 83.3. The maximum Gasteiger partial charge on any atom is 0.357 e. The number of hydrogen-bond acceptors (Lipinski definition) is 38. The largest absolute Gasteiger partial charge is 0.481 e. The van der Waals surface area contributed by atoms with Gasteiger partial charge in [0, 0.05) is 108 Å². The van der Waals surface area contributed by atoms with E-state index in [4.69, 9.17) is 61.6 Å². The van der Waals surface area contributed by atoms with Crippen LogP contribution in [0.5, 0.6) is 23.0 Å². The first-order valence-electron chi connectivity index (χ1n) is 49.1. The van der Waals surface area contributed by atoms with Crippen LogP contribution >= 0.6 is 0 Å². The second-order valence-corrected chi connectivity index (χ2v) is 42.6. The summed E-state index contributed by atoms with van der Waals surface area (Å²) in [4.78, 5) is 155. The molecule has 0 aromatic heterocycles. The molecule has 0 unspecified atom stereocenters. The van der Waals surface area contributed by atoms with Crippen LogP contribution in [0.1, 0.15) is 207 Å². The third kappa shape index (κ3) is 16.9. The second kappa shape index (κ2) is 38.6. The van der Waals surface area contributed by atoms with Gasteiger partial charge < -0.3 is 137 Å². The van der Waals surface area contributed by atoms with Gasteiger partial charge in [-0.3, -0.25) is 38.4 Å². The van der Waals surface area contributed by atoms with Gasteiger partial charge in [-0.25, -0.2) is 19.2 Å². The standard InChI is InChI=1S/C30H39NO9.C26H29NO11.C26H31NO9.C23H27NO7/c1-16(2)26(34)38-20(27(35)40-28(3,4)5)14-22(33)37-19-9-10-30(36)21-13-17-7-8-18(15-32)24-23(17)29(30,25(19)39-24)11-12-31(21)6;1-12(29)35-20(23(31)32)21(36-13(2)30)24(33)37-16-6-7-26(34)17-10-14-4-5-15(11-28)19-18(14)25(26,22(16)38-19)8-9-27(17)3;1-13(2)24(32)35-17(23(30)31)11-19(29)34-16-6-7-26(33)18-10-14-4-5-15(12-28)21-20(14)25(26,22(16)36-21)8-9-27(18)3;1-12(26)15(27)10-18(28)30-16-5-6-23(29)17-9-13-3-4-14(11-25)20-19(13)22(23,21(16)31-20)7-8-24(17)2/h7-9,16,20-21,25,32,36H,10-15H2,1-6H3;4-6,17,20-22,28,34H,7-11H2,1-3H3,(H,31,32);4-6,13,17-18,22,28,33H,7-12H2,1-3H3,(H,30,31);3-5,15,17,21,25,27,29H,6-11H2,1-2H3/t20-,21+,25-,29-,30+;17-,20+,21+,22+,25+,26-;17-,18+,22-,25-,26+;15-,17-,21+,22+,23-/m0101/s1. The fraction of sp³-hybridized carbons (Fsp3) is 0.581. The number of aliphatic hydroxyl groups excluding tert-OH is 5. The van der Waals surface area contributed by atoms with E-state index in [1.54, 1.807) is 72.8 Å². The Morgan fingerprint density at radius 3 is 0.938 bits per heavy atom. The van der Waals surface area contributed by atoms with Crippen molar-refractivity contribution in [3.8, 4) is 23.0 Å². The van der Waals surface area contributed by atoms with Gasteiger partial charge in [0.05, 0.1) is 102 Å². The number of carboxylic acids is 2. The molecular weight excluding hydrogens is 1890 g/mol. The molecule has 40 heteroatoms. The van der Waals surface area contributed by atoms with Crippen molar-refractivity contribution in [2.24, 2.45) is 11.8 Å². The normalized spacial score (nSPS) is 30.8. The van der Waals surface area contributed by atoms with E-state index in [2.05, 4.69) is 19.6 Å². The molecule has 0 radical (unpaired) electrons. The van der Waals surface area contributed by atoms with Gasteiger partial charge in [0.2, 0.25) is 24.4 Å². The maximum absolute atomic E-state index is 13.3. The third-order valence-corrected chi connectivity index (χ3v) is 32.7. The minimum absolute atomic E-state index is 0.0139. The number of ether oxygens (including phenoxy) is 13. The summed E-state index contributed by atoms with van der Waals surface area (Å²) in [7, 11) is 7.94. The monoisotopic (exact) mass is 2020 g/mol. The van der Waals surface area contributed by atoms with Gasteiger partial charge in [0.1, 0.15) is 57.7 Å². The van der Waals surface area contributed by atoms with E-state index >= 15 is 0 Å². The van der Waals surface area contributed by atoms with Crippen LogP contribution < -0.4 is 18.9 Å². The topological polar surface area (TPSA) is 560 Å². The molecule has 4 spiro atoms. The number of aliphatic carboxylic acids is 2. The Hall–Kier alpha value is -11.6. The molecular formula is C105H126N4O36. The van der Waals surface area contributed by atoms with E-state index in [0.717, 1.165) is 64.9 Å². The van der Waals surface area contributed by atoms with Gasteiger partial charge in [-0.05, 0) is 180 Å². The molecule has 4 fully saturated rings. The number of Topliss-reactive ketones (excluding diaryl/α,β-unsaturated/α-hetero) is 1. The molecule has 0 amide bonds. The fourth-order valence-electron chi connectivity index (χ4n) is 25.9. The lowest BCUT2D eigenvalue weighted by Crippen LogP contribution is -2.74. The van der Waals surface area contributed by atoms with Crippen molar-refractivity contribution in [3.63, 3.8) is 0 Å². The Morgan fingerprint density at radius 2 is 0.669 bits per heavy atom. The van der Waals surface area contributed by atoms with Crippen molar-refractivity contribution in [2.75, 3.05) is 54.4 Å². The molecule has 40 nitrogen and oxygen atoms in total. The van der Waals surface area contributed by atoms with Crippen molar-refractivity contribution in [1.29, 1.82) is 0 Å². The number of nitrogens with zero attached hydrogens (tertiary/aromatic N) is 4. The summed E-state index contributed by atoms with van der Waals surface area (Å²) in [5.41, 5.74) is 0.833. The SMILES string of the molecule is CC(=O)O[C@H](C(=O)O)[C@H](OC(C)=O)C(=O)OC1=CC[C@@]2(O)[C@H]3Cc4ccc(CO)c5c4[C@@]2(CCN3C)[C@H]1O5.CC(=O)[C@H](O)CC(=O)OC1=CC[C@@]2(O)[C@H]3Cc4ccc(CO)c5c4[C@@]2(CCN3C)[C@H]1O5.CC(C)C(=O)O[C@@H](CC(=O)OC1=CC[C@@]2(O)[C@H]3Cc4ccc(CO)c5c4[C@@]2(CCN3C)[C@H]1O5)C(=O)O.CC(C)C(=O)O[C@@H](CC(=O)OC1=CC[C@@]2(O)[C@H]3Cc4ccc(CO)c5c4[C@@]2(CCN3C)[C@H]1O5)C(=O)OC(C)(C)C. The van der Waals surface area contributed by atoms with Gasteiger partial charge >= 0.3 is 65.7 Å². The minimum atomic E-state index is -2.14. The molecule has 21 atom stereocenters. The highest BCUT2D eigenvalue weighted by Gasteiger charge is 2.77. The Balaban J connectivity index is 0.000000133. The number of hydrogen-bond donors (Lipinski definition) is 11. The van der Waals surface area contributed by atoms with E-state index < -0.39 is 207 Å². The van der Waals surface area contributed by atoms with E-state index in [1.165, 1.54) is 13.0 Å². The first kappa shape index (κ1) is 105.